The molecule has 0 bridgehead atoms. The third-order valence-corrected chi connectivity index (χ3v) is 3.68. The summed E-state index contributed by atoms with van der Waals surface area (Å²) in [7, 11) is 0. The molecular weight excluding hydrogens is 302 g/mol. The topological polar surface area (TPSA) is 58.4 Å². The molecule has 0 atom stereocenters. The first kappa shape index (κ1) is 15.8. The molecule has 0 saturated carbocycles. The number of benzene rings is 1. The van der Waals surface area contributed by atoms with Crippen molar-refractivity contribution < 1.29 is 9.21 Å². The molecular formula is C19H19N3O2. The molecule has 1 aromatic carbocycles. The van der Waals surface area contributed by atoms with E-state index in [0.29, 0.717) is 13.1 Å². The van der Waals surface area contributed by atoms with E-state index in [0.717, 1.165) is 22.7 Å². The first-order valence-corrected chi connectivity index (χ1v) is 7.76. The summed E-state index contributed by atoms with van der Waals surface area (Å²) in [6.45, 7) is 2.74. The highest BCUT2D eigenvalue weighted by Crippen LogP contribution is 2.16. The second-order valence-corrected chi connectivity index (χ2v) is 5.50. The Bertz CT molecular complexity index is 785. The van der Waals surface area contributed by atoms with E-state index in [2.05, 4.69) is 10.3 Å². The molecule has 24 heavy (non-hydrogen) atoms. The molecule has 5 nitrogen and oxygen atoms in total. The normalized spacial score (nSPS) is 10.4. The van der Waals surface area contributed by atoms with Gasteiger partial charge in [0.1, 0.15) is 5.76 Å². The number of urea groups is 1. The Balaban J connectivity index is 1.77. The van der Waals surface area contributed by atoms with Crippen molar-refractivity contribution >= 4 is 11.7 Å². The summed E-state index contributed by atoms with van der Waals surface area (Å²) in [5.74, 6) is 0.728. The van der Waals surface area contributed by atoms with Gasteiger partial charge in [0, 0.05) is 11.9 Å². The number of pyridine rings is 1. The molecule has 3 aromatic rings. The Labute approximate surface area is 140 Å². The second kappa shape index (κ2) is 7.46. The van der Waals surface area contributed by atoms with Gasteiger partial charge in [-0.1, -0.05) is 24.3 Å². The Kier molecular flexibility index (Phi) is 4.91. The van der Waals surface area contributed by atoms with Gasteiger partial charge in [-0.2, -0.15) is 0 Å². The van der Waals surface area contributed by atoms with Crippen molar-refractivity contribution in [1.29, 1.82) is 0 Å². The summed E-state index contributed by atoms with van der Waals surface area (Å²) in [4.78, 5) is 18.7. The second-order valence-electron chi connectivity index (χ2n) is 5.50. The molecule has 0 fully saturated rings. The van der Waals surface area contributed by atoms with E-state index in [9.17, 15) is 4.79 Å². The number of rotatable bonds is 5. The van der Waals surface area contributed by atoms with E-state index in [-0.39, 0.29) is 6.03 Å². The van der Waals surface area contributed by atoms with E-state index in [4.69, 9.17) is 4.42 Å². The Morgan fingerprint density at radius 3 is 2.62 bits per heavy atom. The molecule has 2 heterocycles. The Hall–Kier alpha value is -3.08. The molecule has 0 saturated heterocycles. The molecule has 0 unspecified atom stereocenters. The number of amides is 2. The average Bonchev–Trinajstić information content (AvgIpc) is 3.10. The zero-order valence-corrected chi connectivity index (χ0v) is 13.5. The first-order valence-electron chi connectivity index (χ1n) is 7.76. The summed E-state index contributed by atoms with van der Waals surface area (Å²) in [5, 5.41) is 2.96. The standard InChI is InChI=1S/C19H19N3O2/c1-15-7-2-3-10-18(15)21-19(23)22(14-17-9-6-12-24-17)13-16-8-4-5-11-20-16/h2-12H,13-14H2,1H3,(H,21,23). The maximum atomic E-state index is 12.7. The number of carbonyl (C=O) groups excluding carboxylic acids is 1. The van der Waals surface area contributed by atoms with Crippen molar-refractivity contribution in [3.63, 3.8) is 0 Å². The van der Waals surface area contributed by atoms with Gasteiger partial charge < -0.3 is 14.6 Å². The van der Waals surface area contributed by atoms with Crippen LogP contribution in [0.2, 0.25) is 0 Å². The van der Waals surface area contributed by atoms with Crippen LogP contribution in [0, 0.1) is 6.92 Å². The van der Waals surface area contributed by atoms with Gasteiger partial charge in [-0.15, -0.1) is 0 Å². The van der Waals surface area contributed by atoms with E-state index in [1.54, 1.807) is 17.4 Å². The van der Waals surface area contributed by atoms with Gasteiger partial charge in [0.15, 0.2) is 0 Å². The Morgan fingerprint density at radius 2 is 1.92 bits per heavy atom. The number of hydrogen-bond acceptors (Lipinski definition) is 3. The zero-order chi connectivity index (χ0) is 16.8. The van der Waals surface area contributed by atoms with Gasteiger partial charge >= 0.3 is 6.03 Å². The van der Waals surface area contributed by atoms with Crippen molar-refractivity contribution in [3.8, 4) is 0 Å². The number of aryl methyl sites for hydroxylation is 1. The van der Waals surface area contributed by atoms with Gasteiger partial charge in [-0.05, 0) is 42.8 Å². The van der Waals surface area contributed by atoms with E-state index < -0.39 is 0 Å². The lowest BCUT2D eigenvalue weighted by molar-refractivity contribution is 0.200. The number of anilines is 1. The molecule has 0 aliphatic carbocycles. The van der Waals surface area contributed by atoms with Crippen LogP contribution in [0.1, 0.15) is 17.0 Å². The van der Waals surface area contributed by atoms with Crippen LogP contribution in [-0.4, -0.2) is 15.9 Å². The lowest BCUT2D eigenvalue weighted by Gasteiger charge is -2.22. The smallest absolute Gasteiger partial charge is 0.322 e. The quantitative estimate of drug-likeness (QED) is 0.765. The van der Waals surface area contributed by atoms with Crippen molar-refractivity contribution in [2.75, 3.05) is 5.32 Å². The van der Waals surface area contributed by atoms with Crippen LogP contribution < -0.4 is 5.32 Å². The first-order chi connectivity index (χ1) is 11.7. The van der Waals surface area contributed by atoms with Gasteiger partial charge in [0.05, 0.1) is 25.0 Å². The molecule has 2 amide bonds. The van der Waals surface area contributed by atoms with Gasteiger partial charge in [-0.3, -0.25) is 4.98 Å². The van der Waals surface area contributed by atoms with Crippen molar-refractivity contribution in [2.45, 2.75) is 20.0 Å². The molecule has 3 rings (SSSR count). The number of carbonyl (C=O) groups is 1. The lowest BCUT2D eigenvalue weighted by Crippen LogP contribution is -2.34. The highest BCUT2D eigenvalue weighted by atomic mass is 16.3. The molecule has 0 spiro atoms. The molecule has 1 N–H and O–H groups in total. The minimum absolute atomic E-state index is 0.189. The lowest BCUT2D eigenvalue weighted by atomic mass is 10.2. The molecule has 2 aromatic heterocycles. The zero-order valence-electron chi connectivity index (χ0n) is 13.5. The van der Waals surface area contributed by atoms with Gasteiger partial charge in [-0.25, -0.2) is 4.79 Å². The van der Waals surface area contributed by atoms with Crippen LogP contribution >= 0.6 is 0 Å². The van der Waals surface area contributed by atoms with Crippen LogP contribution in [-0.2, 0) is 13.1 Å². The number of furan rings is 1. The maximum Gasteiger partial charge on any atom is 0.322 e. The van der Waals surface area contributed by atoms with Crippen molar-refractivity contribution in [2.24, 2.45) is 0 Å². The minimum Gasteiger partial charge on any atom is -0.467 e. The predicted octanol–water partition coefficient (Wildman–Crippen LogP) is 4.22. The van der Waals surface area contributed by atoms with Gasteiger partial charge in [0.25, 0.3) is 0 Å². The van der Waals surface area contributed by atoms with Crippen LogP contribution in [0.25, 0.3) is 0 Å². The summed E-state index contributed by atoms with van der Waals surface area (Å²) in [6, 6.07) is 16.8. The summed E-state index contributed by atoms with van der Waals surface area (Å²) >= 11 is 0. The van der Waals surface area contributed by atoms with Crippen molar-refractivity contribution in [3.05, 3.63) is 84.1 Å². The summed E-state index contributed by atoms with van der Waals surface area (Å²) in [6.07, 6.45) is 3.33. The van der Waals surface area contributed by atoms with E-state index in [1.165, 1.54) is 0 Å². The Morgan fingerprint density at radius 1 is 1.08 bits per heavy atom. The average molecular weight is 321 g/mol. The number of nitrogens with zero attached hydrogens (tertiary/aromatic N) is 2. The molecule has 122 valence electrons. The number of aromatic nitrogens is 1. The van der Waals surface area contributed by atoms with Crippen LogP contribution in [0.4, 0.5) is 10.5 Å². The fraction of sp³-hybridized carbons (Fsp3) is 0.158. The maximum absolute atomic E-state index is 12.7. The third-order valence-electron chi connectivity index (χ3n) is 3.68. The van der Waals surface area contributed by atoms with Crippen LogP contribution in [0.15, 0.2) is 71.5 Å². The largest absolute Gasteiger partial charge is 0.467 e. The highest BCUT2D eigenvalue weighted by molar-refractivity contribution is 5.90. The number of para-hydroxylation sites is 1. The molecule has 0 aliphatic rings. The highest BCUT2D eigenvalue weighted by Gasteiger charge is 2.17. The number of nitrogens with one attached hydrogen (secondary N) is 1. The SMILES string of the molecule is Cc1ccccc1NC(=O)N(Cc1ccccn1)Cc1ccco1. The fourth-order valence-corrected chi connectivity index (χ4v) is 2.38. The third kappa shape index (κ3) is 4.01. The monoisotopic (exact) mass is 321 g/mol. The van der Waals surface area contributed by atoms with Crippen molar-refractivity contribution in [1.82, 2.24) is 9.88 Å². The minimum atomic E-state index is -0.189. The molecule has 5 heteroatoms. The van der Waals surface area contributed by atoms with Crippen LogP contribution in [0.5, 0.6) is 0 Å². The summed E-state index contributed by atoms with van der Waals surface area (Å²) in [5.41, 5.74) is 2.64. The van der Waals surface area contributed by atoms with Crippen LogP contribution in [0.3, 0.4) is 0 Å². The summed E-state index contributed by atoms with van der Waals surface area (Å²) < 4.78 is 5.38. The fourth-order valence-electron chi connectivity index (χ4n) is 2.38. The predicted molar refractivity (Wildman–Crippen MR) is 92.4 cm³/mol. The van der Waals surface area contributed by atoms with E-state index in [1.807, 2.05) is 61.5 Å². The van der Waals surface area contributed by atoms with E-state index >= 15 is 0 Å². The van der Waals surface area contributed by atoms with Gasteiger partial charge in [0.2, 0.25) is 0 Å². The molecule has 0 radical (unpaired) electrons. The molecule has 0 aliphatic heterocycles. The number of hydrogen-bond donors (Lipinski definition) is 1.